The van der Waals surface area contributed by atoms with Gasteiger partial charge in [0.15, 0.2) is 0 Å². The van der Waals surface area contributed by atoms with Gasteiger partial charge in [0.05, 0.1) is 5.54 Å². The summed E-state index contributed by atoms with van der Waals surface area (Å²) in [7, 11) is 0. The van der Waals surface area contributed by atoms with Crippen molar-refractivity contribution < 1.29 is 0 Å². The molecule has 0 amide bonds. The minimum Gasteiger partial charge on any atom is -0.358 e. The van der Waals surface area contributed by atoms with E-state index >= 15 is 0 Å². The van der Waals surface area contributed by atoms with Gasteiger partial charge in [-0.25, -0.2) is 0 Å². The van der Waals surface area contributed by atoms with Crippen LogP contribution in [0.15, 0.2) is 36.4 Å². The van der Waals surface area contributed by atoms with Crippen LogP contribution >= 0.6 is 0 Å². The average Bonchev–Trinajstić information content (AvgIpc) is 2.86. The van der Waals surface area contributed by atoms with Crippen molar-refractivity contribution >= 4 is 5.69 Å². The Labute approximate surface area is 140 Å². The minimum absolute atomic E-state index is 0.107. The lowest BCUT2D eigenvalue weighted by molar-refractivity contribution is 0.449. The number of anilines is 1. The maximum Gasteiger partial charge on any atom is 0.0641 e. The van der Waals surface area contributed by atoms with Gasteiger partial charge in [0.25, 0.3) is 0 Å². The Kier molecular flexibility index (Phi) is 2.84. The molecule has 2 aliphatic rings. The highest BCUT2D eigenvalue weighted by Crippen LogP contribution is 2.62. The summed E-state index contributed by atoms with van der Waals surface area (Å²) in [4.78, 5) is 2.71. The zero-order valence-corrected chi connectivity index (χ0v) is 15.2. The van der Waals surface area contributed by atoms with E-state index in [2.05, 4.69) is 82.8 Å². The van der Waals surface area contributed by atoms with Gasteiger partial charge in [-0.05, 0) is 74.9 Å². The van der Waals surface area contributed by atoms with Crippen LogP contribution in [0, 0.1) is 20.8 Å². The summed E-state index contributed by atoms with van der Waals surface area (Å²) in [6, 6.07) is 14.3. The summed E-state index contributed by atoms with van der Waals surface area (Å²) in [6.45, 7) is 14.0. The van der Waals surface area contributed by atoms with Crippen molar-refractivity contribution in [2.75, 3.05) is 4.90 Å². The van der Waals surface area contributed by atoms with Crippen molar-refractivity contribution in [1.29, 1.82) is 0 Å². The highest BCUT2D eigenvalue weighted by Gasteiger charge is 2.61. The quantitative estimate of drug-likeness (QED) is 0.682. The summed E-state index contributed by atoms with van der Waals surface area (Å²) >= 11 is 0. The van der Waals surface area contributed by atoms with E-state index in [1.807, 2.05) is 0 Å². The molecular formula is C22H27N. The summed E-state index contributed by atoms with van der Waals surface area (Å²) < 4.78 is 0. The molecule has 2 aromatic rings. The van der Waals surface area contributed by atoms with E-state index in [0.717, 1.165) is 0 Å². The van der Waals surface area contributed by atoms with Gasteiger partial charge in [-0.15, -0.1) is 0 Å². The molecule has 2 unspecified atom stereocenters. The molecule has 0 radical (unpaired) electrons. The number of hydrogen-bond donors (Lipinski definition) is 0. The zero-order chi connectivity index (χ0) is 16.6. The topological polar surface area (TPSA) is 3.24 Å². The Hall–Kier alpha value is -1.76. The summed E-state index contributed by atoms with van der Waals surface area (Å²) in [5.41, 5.74) is 9.06. The monoisotopic (exact) mass is 305 g/mol. The predicted octanol–water partition coefficient (Wildman–Crippen LogP) is 5.40. The van der Waals surface area contributed by atoms with Crippen LogP contribution < -0.4 is 4.90 Å². The zero-order valence-electron chi connectivity index (χ0n) is 15.2. The fourth-order valence-electron chi connectivity index (χ4n) is 5.40. The Balaban J connectivity index is 1.97. The molecular weight excluding hydrogens is 278 g/mol. The molecule has 1 aliphatic carbocycles. The van der Waals surface area contributed by atoms with Crippen molar-refractivity contribution in [3.8, 4) is 0 Å². The lowest BCUT2D eigenvalue weighted by atomic mass is 9.78. The number of benzene rings is 2. The van der Waals surface area contributed by atoms with Crippen molar-refractivity contribution in [2.24, 2.45) is 0 Å². The van der Waals surface area contributed by atoms with Crippen LogP contribution in [0.25, 0.3) is 0 Å². The van der Waals surface area contributed by atoms with Gasteiger partial charge in [0.1, 0.15) is 0 Å². The molecule has 1 saturated heterocycles. The fourth-order valence-corrected chi connectivity index (χ4v) is 5.40. The van der Waals surface area contributed by atoms with E-state index in [9.17, 15) is 0 Å². The van der Waals surface area contributed by atoms with E-state index in [-0.39, 0.29) is 11.0 Å². The first-order chi connectivity index (χ1) is 10.8. The normalized spacial score (nSPS) is 31.6. The van der Waals surface area contributed by atoms with Crippen molar-refractivity contribution in [1.82, 2.24) is 0 Å². The van der Waals surface area contributed by atoms with Crippen LogP contribution in [0.5, 0.6) is 0 Å². The number of fused-ring (bicyclic) bond motifs is 5. The van der Waals surface area contributed by atoms with Gasteiger partial charge in [-0.3, -0.25) is 0 Å². The van der Waals surface area contributed by atoms with E-state index < -0.39 is 0 Å². The molecule has 2 bridgehead atoms. The molecule has 1 heteroatoms. The van der Waals surface area contributed by atoms with E-state index in [1.165, 1.54) is 34.4 Å². The van der Waals surface area contributed by atoms with Gasteiger partial charge in [0.2, 0.25) is 0 Å². The molecule has 1 heterocycles. The highest BCUT2D eigenvalue weighted by molar-refractivity contribution is 5.67. The summed E-state index contributed by atoms with van der Waals surface area (Å²) in [6.07, 6.45) is 1.22. The fraction of sp³-hybridized carbons (Fsp3) is 0.455. The third kappa shape index (κ3) is 1.68. The van der Waals surface area contributed by atoms with Gasteiger partial charge in [-0.2, -0.15) is 0 Å². The predicted molar refractivity (Wildman–Crippen MR) is 98.4 cm³/mol. The van der Waals surface area contributed by atoms with E-state index in [1.54, 1.807) is 5.56 Å². The van der Waals surface area contributed by atoms with Gasteiger partial charge < -0.3 is 4.90 Å². The Morgan fingerprint density at radius 1 is 1.00 bits per heavy atom. The number of rotatable bonds is 1. The number of nitrogens with zero attached hydrogens (tertiary/aromatic N) is 1. The SMILES string of the molecule is Cc1cc(C)c(C)c(N2[C@@H](C)C3(C)CC2(C)c2ccccc23)c1. The van der Waals surface area contributed by atoms with Gasteiger partial charge >= 0.3 is 0 Å². The molecule has 0 aromatic heterocycles. The molecule has 1 nitrogen and oxygen atoms in total. The molecule has 1 fully saturated rings. The Bertz CT molecular complexity index is 806. The molecule has 23 heavy (non-hydrogen) atoms. The van der Waals surface area contributed by atoms with Crippen LogP contribution in [0.3, 0.4) is 0 Å². The van der Waals surface area contributed by atoms with E-state index in [0.29, 0.717) is 6.04 Å². The largest absolute Gasteiger partial charge is 0.358 e. The second kappa shape index (κ2) is 4.41. The molecule has 1 aliphatic heterocycles. The maximum absolute atomic E-state index is 2.71. The van der Waals surface area contributed by atoms with Crippen LogP contribution in [0.4, 0.5) is 5.69 Å². The minimum atomic E-state index is 0.107. The summed E-state index contributed by atoms with van der Waals surface area (Å²) in [5.74, 6) is 0. The molecule has 0 N–H and O–H groups in total. The molecule has 120 valence electrons. The first kappa shape index (κ1) is 14.8. The number of hydrogen-bond acceptors (Lipinski definition) is 1. The summed E-state index contributed by atoms with van der Waals surface area (Å²) in [5, 5.41) is 0. The van der Waals surface area contributed by atoms with Crippen molar-refractivity contribution in [2.45, 2.75) is 65.0 Å². The lowest BCUT2D eigenvalue weighted by Gasteiger charge is -2.46. The second-order valence-corrected chi connectivity index (χ2v) is 8.19. The van der Waals surface area contributed by atoms with Crippen LogP contribution in [0.2, 0.25) is 0 Å². The number of aryl methyl sites for hydroxylation is 2. The molecule has 0 spiro atoms. The molecule has 0 saturated carbocycles. The van der Waals surface area contributed by atoms with E-state index in [4.69, 9.17) is 0 Å². The van der Waals surface area contributed by atoms with Gasteiger partial charge in [-0.1, -0.05) is 37.3 Å². The maximum atomic E-state index is 2.71. The molecule has 4 rings (SSSR count). The third-order valence-corrected chi connectivity index (χ3v) is 6.72. The second-order valence-electron chi connectivity index (χ2n) is 8.19. The van der Waals surface area contributed by atoms with Crippen molar-refractivity contribution in [3.05, 3.63) is 64.2 Å². The molecule has 3 atom stereocenters. The first-order valence-corrected chi connectivity index (χ1v) is 8.76. The third-order valence-electron chi connectivity index (χ3n) is 6.72. The Morgan fingerprint density at radius 3 is 2.35 bits per heavy atom. The Morgan fingerprint density at radius 2 is 1.65 bits per heavy atom. The standard InChI is InChI=1S/C22H27N/c1-14-11-15(2)16(3)20(12-14)23-17(4)21(5)13-22(23,6)19-10-8-7-9-18(19)21/h7-12,17H,13H2,1-6H3/t17-,21?,22?/m0/s1. The van der Waals surface area contributed by atoms with Crippen molar-refractivity contribution in [3.63, 3.8) is 0 Å². The molecule has 2 aromatic carbocycles. The van der Waals surface area contributed by atoms with Gasteiger partial charge in [0, 0.05) is 17.1 Å². The van der Waals surface area contributed by atoms with Crippen LogP contribution in [0.1, 0.15) is 55.0 Å². The first-order valence-electron chi connectivity index (χ1n) is 8.76. The highest BCUT2D eigenvalue weighted by atomic mass is 15.3. The van der Waals surface area contributed by atoms with Crippen LogP contribution in [-0.4, -0.2) is 6.04 Å². The average molecular weight is 305 g/mol. The lowest BCUT2D eigenvalue weighted by Crippen LogP contribution is -2.49. The smallest absolute Gasteiger partial charge is 0.0641 e. The van der Waals surface area contributed by atoms with Crippen LogP contribution in [-0.2, 0) is 11.0 Å².